The second kappa shape index (κ2) is 13.9. The fourth-order valence-corrected chi connectivity index (χ4v) is 5.60. The van der Waals surface area contributed by atoms with Crippen LogP contribution < -0.4 is 20.5 Å². The van der Waals surface area contributed by atoms with Crippen molar-refractivity contribution in [2.45, 2.75) is 52.4 Å². The topological polar surface area (TPSA) is 99.1 Å². The van der Waals surface area contributed by atoms with Crippen LogP contribution in [-0.2, 0) is 27.7 Å². The third-order valence-electron chi connectivity index (χ3n) is 8.07. The summed E-state index contributed by atoms with van der Waals surface area (Å²) in [5.74, 6) is -2.28. The molecule has 1 amide bonds. The van der Waals surface area contributed by atoms with Crippen LogP contribution in [0.15, 0.2) is 41.2 Å². The maximum absolute atomic E-state index is 15.4. The summed E-state index contributed by atoms with van der Waals surface area (Å²) in [6.07, 6.45) is -4.62. The number of aromatic nitrogens is 1. The number of methoxy groups -OCH3 is 1. The molecule has 2 atom stereocenters. The van der Waals surface area contributed by atoms with Crippen molar-refractivity contribution in [2.75, 3.05) is 38.4 Å². The Morgan fingerprint density at radius 3 is 2.43 bits per heavy atom. The van der Waals surface area contributed by atoms with E-state index in [2.05, 4.69) is 5.32 Å². The largest absolute Gasteiger partial charge is 0.496 e. The minimum absolute atomic E-state index is 0.0193. The predicted molar refractivity (Wildman–Crippen MR) is 164 cm³/mol. The average Bonchev–Trinajstić information content (AvgIpc) is 2.99. The first-order valence-electron chi connectivity index (χ1n) is 14.7. The summed E-state index contributed by atoms with van der Waals surface area (Å²) in [6.45, 7) is 5.97. The molecule has 1 saturated heterocycles. The number of nitrogens with one attached hydrogen (secondary N) is 1. The van der Waals surface area contributed by atoms with E-state index in [1.54, 1.807) is 52.1 Å². The normalized spacial score (nSPS) is 15.8. The molecule has 46 heavy (non-hydrogen) atoms. The third-order valence-corrected chi connectivity index (χ3v) is 8.07. The number of amides is 1. The molecule has 248 valence electrons. The molecular weight excluding hydrogens is 610 g/mol. The first-order valence-corrected chi connectivity index (χ1v) is 14.7. The Morgan fingerprint density at radius 1 is 1.11 bits per heavy atom. The van der Waals surface area contributed by atoms with Gasteiger partial charge >= 0.3 is 12.1 Å². The molecule has 0 radical (unpaired) electrons. The Kier molecular flexibility index (Phi) is 10.4. The number of aryl methyl sites for hydroxylation is 3. The van der Waals surface area contributed by atoms with Crippen LogP contribution in [0.25, 0.3) is 11.1 Å². The van der Waals surface area contributed by atoms with Crippen LogP contribution in [0.1, 0.15) is 39.7 Å². The molecule has 1 N–H and O–H groups in total. The zero-order valence-corrected chi connectivity index (χ0v) is 26.5. The second-order valence-electron chi connectivity index (χ2n) is 11.2. The van der Waals surface area contributed by atoms with Crippen molar-refractivity contribution in [3.05, 3.63) is 80.5 Å². The van der Waals surface area contributed by atoms with Crippen LogP contribution in [-0.4, -0.2) is 68.2 Å². The second-order valence-corrected chi connectivity index (χ2v) is 11.2. The number of halogens is 4. The SMILES string of the molecule is CCOC(=O)[C@H](Cc1ccc(-c2c(OC)cc(C)n(C)c2=O)c(C)c1)NC(=O)c1c(C)cc(N2CCOC[C@@H]2C(F)(F)F)cc1F. The van der Waals surface area contributed by atoms with Gasteiger partial charge in [-0.05, 0) is 62.1 Å². The van der Waals surface area contributed by atoms with Crippen LogP contribution in [0.4, 0.5) is 23.2 Å². The summed E-state index contributed by atoms with van der Waals surface area (Å²) < 4.78 is 73.4. The van der Waals surface area contributed by atoms with Gasteiger partial charge in [0.25, 0.3) is 11.5 Å². The molecule has 0 unspecified atom stereocenters. The summed E-state index contributed by atoms with van der Waals surface area (Å²) in [4.78, 5) is 40.4. The molecule has 2 aromatic carbocycles. The first kappa shape index (κ1) is 34.5. The number of hydrogen-bond donors (Lipinski definition) is 1. The fourth-order valence-electron chi connectivity index (χ4n) is 5.60. The molecule has 1 aromatic heterocycles. The Bertz CT molecular complexity index is 1660. The molecule has 0 spiro atoms. The van der Waals surface area contributed by atoms with Gasteiger partial charge in [-0.3, -0.25) is 9.59 Å². The van der Waals surface area contributed by atoms with Gasteiger partial charge in [-0.2, -0.15) is 13.2 Å². The lowest BCUT2D eigenvalue weighted by Gasteiger charge is -2.38. The van der Waals surface area contributed by atoms with Crippen molar-refractivity contribution >= 4 is 17.6 Å². The van der Waals surface area contributed by atoms with Gasteiger partial charge in [0.15, 0.2) is 0 Å². The van der Waals surface area contributed by atoms with E-state index in [0.717, 1.165) is 16.7 Å². The number of pyridine rings is 1. The molecular formula is C33H37F4N3O6. The Morgan fingerprint density at radius 2 is 1.83 bits per heavy atom. The van der Waals surface area contributed by atoms with E-state index >= 15 is 4.39 Å². The molecule has 0 saturated carbocycles. The van der Waals surface area contributed by atoms with E-state index in [4.69, 9.17) is 14.2 Å². The molecule has 13 heteroatoms. The molecule has 1 aliphatic rings. The number of nitrogens with zero attached hydrogens (tertiary/aromatic N) is 2. The fraction of sp³-hybridized carbons (Fsp3) is 0.424. The highest BCUT2D eigenvalue weighted by Gasteiger charge is 2.45. The van der Waals surface area contributed by atoms with Gasteiger partial charge in [0.05, 0.1) is 38.1 Å². The van der Waals surface area contributed by atoms with E-state index in [1.165, 1.54) is 24.7 Å². The van der Waals surface area contributed by atoms with E-state index in [-0.39, 0.29) is 43.0 Å². The lowest BCUT2D eigenvalue weighted by Crippen LogP contribution is -2.53. The van der Waals surface area contributed by atoms with Gasteiger partial charge in [0, 0.05) is 37.5 Å². The molecule has 4 rings (SSSR count). The maximum atomic E-state index is 15.4. The monoisotopic (exact) mass is 647 g/mol. The molecule has 1 fully saturated rings. The standard InChI is InChI=1S/C33H37F4N3O6/c1-7-46-32(43)25(15-21-8-9-23(18(2)12-21)29-26(44-6)14-20(4)39(5)31(29)42)38-30(41)28-19(3)13-22(16-24(28)34)40-10-11-45-17-27(40)33(35,36)37/h8-9,12-14,16,25,27H,7,10-11,15,17H2,1-6H3,(H,38,41)/t25-,27+/m0/s1. The molecule has 9 nitrogen and oxygen atoms in total. The summed E-state index contributed by atoms with van der Waals surface area (Å²) in [7, 11) is 3.14. The highest BCUT2D eigenvalue weighted by atomic mass is 19.4. The van der Waals surface area contributed by atoms with E-state index in [1.807, 2.05) is 0 Å². The van der Waals surface area contributed by atoms with E-state index in [9.17, 15) is 27.6 Å². The van der Waals surface area contributed by atoms with Crippen LogP contribution in [0.3, 0.4) is 0 Å². The number of benzene rings is 2. The van der Waals surface area contributed by atoms with Crippen LogP contribution in [0.5, 0.6) is 5.75 Å². The van der Waals surface area contributed by atoms with Gasteiger partial charge in [0.1, 0.15) is 23.7 Å². The number of rotatable bonds is 9. The summed E-state index contributed by atoms with van der Waals surface area (Å²) in [5, 5.41) is 2.55. The Labute approximate surface area is 264 Å². The number of anilines is 1. The van der Waals surface area contributed by atoms with Gasteiger partial charge in [-0.15, -0.1) is 0 Å². The number of esters is 1. The highest BCUT2D eigenvalue weighted by molar-refractivity contribution is 5.98. The van der Waals surface area contributed by atoms with E-state index < -0.39 is 48.1 Å². The number of hydrogen-bond acceptors (Lipinski definition) is 7. The van der Waals surface area contributed by atoms with Gasteiger partial charge in [0.2, 0.25) is 0 Å². The van der Waals surface area contributed by atoms with Crippen molar-refractivity contribution in [1.29, 1.82) is 0 Å². The number of alkyl halides is 3. The number of carbonyl (C=O) groups is 2. The zero-order valence-electron chi connectivity index (χ0n) is 26.5. The summed E-state index contributed by atoms with van der Waals surface area (Å²) in [6, 6.07) is 5.99. The third kappa shape index (κ3) is 7.19. The molecule has 3 aromatic rings. The van der Waals surface area contributed by atoms with Crippen molar-refractivity contribution in [3.63, 3.8) is 0 Å². The Hall–Kier alpha value is -4.39. The first-order chi connectivity index (χ1) is 21.7. The lowest BCUT2D eigenvalue weighted by molar-refractivity contribution is -0.167. The molecule has 0 aliphatic carbocycles. The minimum Gasteiger partial charge on any atom is -0.496 e. The zero-order chi connectivity index (χ0) is 33.9. The predicted octanol–water partition coefficient (Wildman–Crippen LogP) is 4.80. The quantitative estimate of drug-likeness (QED) is 0.263. The lowest BCUT2D eigenvalue weighted by atomic mass is 9.95. The van der Waals surface area contributed by atoms with Gasteiger partial charge in [-0.25, -0.2) is 9.18 Å². The average molecular weight is 648 g/mol. The minimum atomic E-state index is -4.61. The highest BCUT2D eigenvalue weighted by Crippen LogP contribution is 2.33. The van der Waals surface area contributed by atoms with Crippen molar-refractivity contribution < 1.29 is 41.4 Å². The van der Waals surface area contributed by atoms with Gasteiger partial charge in [-0.1, -0.05) is 18.2 Å². The summed E-state index contributed by atoms with van der Waals surface area (Å²) in [5.41, 5.74) is 2.49. The van der Waals surface area contributed by atoms with Crippen LogP contribution in [0, 0.1) is 26.6 Å². The molecule has 2 heterocycles. The number of morpholine rings is 1. The molecule has 0 bridgehead atoms. The number of ether oxygens (including phenoxy) is 3. The van der Waals surface area contributed by atoms with Gasteiger partial charge < -0.3 is 29.0 Å². The van der Waals surface area contributed by atoms with Crippen LogP contribution >= 0.6 is 0 Å². The van der Waals surface area contributed by atoms with Crippen LogP contribution in [0.2, 0.25) is 0 Å². The summed E-state index contributed by atoms with van der Waals surface area (Å²) >= 11 is 0. The van der Waals surface area contributed by atoms with Crippen molar-refractivity contribution in [3.8, 4) is 16.9 Å². The number of carbonyl (C=O) groups excluding carboxylic acids is 2. The maximum Gasteiger partial charge on any atom is 0.411 e. The smallest absolute Gasteiger partial charge is 0.411 e. The van der Waals surface area contributed by atoms with Crippen molar-refractivity contribution in [2.24, 2.45) is 7.05 Å². The van der Waals surface area contributed by atoms with Crippen molar-refractivity contribution in [1.82, 2.24) is 9.88 Å². The van der Waals surface area contributed by atoms with E-state index in [0.29, 0.717) is 28.0 Å². The Balaban J connectivity index is 1.61. The molecule has 1 aliphatic heterocycles.